The molecule has 2 unspecified atom stereocenters. The quantitative estimate of drug-likeness (QED) is 0.840. The van der Waals surface area contributed by atoms with E-state index in [1.807, 2.05) is 0 Å². The van der Waals surface area contributed by atoms with Gasteiger partial charge in [-0.15, -0.1) is 0 Å². The van der Waals surface area contributed by atoms with Crippen molar-refractivity contribution in [1.29, 1.82) is 0 Å². The summed E-state index contributed by atoms with van der Waals surface area (Å²) in [5.74, 6) is 0. The number of morpholine rings is 1. The Balaban J connectivity index is 1.86. The number of hydrogen-bond donors (Lipinski definition) is 1. The lowest BCUT2D eigenvalue weighted by Crippen LogP contribution is -2.52. The minimum atomic E-state index is -0.0446. The molecule has 3 rings (SSSR count). The summed E-state index contributed by atoms with van der Waals surface area (Å²) in [5, 5.41) is 5.68. The van der Waals surface area contributed by atoms with E-state index in [4.69, 9.17) is 4.74 Å². The molecule has 0 amide bonds. The number of nitrogens with zero attached hydrogens (tertiary/aromatic N) is 2. The van der Waals surface area contributed by atoms with Crippen LogP contribution >= 0.6 is 11.5 Å². The Hall–Kier alpha value is -0.490. The lowest BCUT2D eigenvalue weighted by molar-refractivity contribution is -0.107. The molecular formula is C13H21N3OS. The summed E-state index contributed by atoms with van der Waals surface area (Å²) in [5.41, 5.74) is 1.11. The molecule has 18 heavy (non-hydrogen) atoms. The SMILES string of the molecule is CN1CCCC2(CC1)OCCNC2c1ccsn1. The van der Waals surface area contributed by atoms with Crippen LogP contribution in [0.25, 0.3) is 0 Å². The average molecular weight is 267 g/mol. The van der Waals surface area contributed by atoms with Crippen molar-refractivity contribution in [2.75, 3.05) is 33.3 Å². The van der Waals surface area contributed by atoms with Crippen molar-refractivity contribution in [3.05, 3.63) is 17.1 Å². The molecular weight excluding hydrogens is 246 g/mol. The lowest BCUT2D eigenvalue weighted by Gasteiger charge is -2.43. The highest BCUT2D eigenvalue weighted by atomic mass is 32.1. The summed E-state index contributed by atoms with van der Waals surface area (Å²) in [6, 6.07) is 2.40. The van der Waals surface area contributed by atoms with Gasteiger partial charge in [-0.3, -0.25) is 0 Å². The largest absolute Gasteiger partial charge is 0.372 e. The molecule has 1 N–H and O–H groups in total. The molecule has 2 atom stereocenters. The summed E-state index contributed by atoms with van der Waals surface area (Å²) in [6.45, 7) is 4.04. The standard InChI is InChI=1S/C13H21N3OS/c1-16-7-2-4-13(5-8-16)12(14-6-9-17-13)11-3-10-18-15-11/h3,10,12,14H,2,4-9H2,1H3. The first kappa shape index (κ1) is 12.5. The molecule has 2 saturated heterocycles. The van der Waals surface area contributed by atoms with Gasteiger partial charge in [0, 0.05) is 18.5 Å². The Labute approximate surface area is 112 Å². The van der Waals surface area contributed by atoms with Crippen molar-refractivity contribution in [2.24, 2.45) is 0 Å². The number of nitrogens with one attached hydrogen (secondary N) is 1. The second-order valence-corrected chi connectivity index (χ2v) is 6.05. The third kappa shape index (κ3) is 2.32. The van der Waals surface area contributed by atoms with Gasteiger partial charge < -0.3 is 15.0 Å². The summed E-state index contributed by atoms with van der Waals surface area (Å²) in [6.07, 6.45) is 3.43. The molecule has 3 heterocycles. The predicted octanol–water partition coefficient (Wildman–Crippen LogP) is 1.66. The lowest BCUT2D eigenvalue weighted by atomic mass is 9.83. The fourth-order valence-corrected chi connectivity index (χ4v) is 3.72. The zero-order valence-electron chi connectivity index (χ0n) is 10.9. The third-order valence-corrected chi connectivity index (χ3v) is 4.75. The van der Waals surface area contributed by atoms with Crippen LogP contribution in [0.4, 0.5) is 0 Å². The third-order valence-electron chi connectivity index (χ3n) is 4.18. The van der Waals surface area contributed by atoms with E-state index in [1.165, 1.54) is 24.5 Å². The van der Waals surface area contributed by atoms with Gasteiger partial charge in [-0.2, -0.15) is 4.37 Å². The van der Waals surface area contributed by atoms with Gasteiger partial charge in [-0.25, -0.2) is 0 Å². The molecule has 1 aromatic rings. The van der Waals surface area contributed by atoms with Crippen LogP contribution in [-0.2, 0) is 4.74 Å². The molecule has 1 spiro atoms. The van der Waals surface area contributed by atoms with Crippen molar-refractivity contribution in [3.8, 4) is 0 Å². The van der Waals surface area contributed by atoms with E-state index in [9.17, 15) is 0 Å². The van der Waals surface area contributed by atoms with Crippen molar-refractivity contribution < 1.29 is 4.74 Å². The van der Waals surface area contributed by atoms with E-state index in [1.54, 1.807) is 0 Å². The Morgan fingerprint density at radius 2 is 2.44 bits per heavy atom. The van der Waals surface area contributed by atoms with Crippen LogP contribution in [0, 0.1) is 0 Å². The van der Waals surface area contributed by atoms with Crippen LogP contribution in [0.5, 0.6) is 0 Å². The van der Waals surface area contributed by atoms with Crippen molar-refractivity contribution in [2.45, 2.75) is 30.9 Å². The maximum atomic E-state index is 6.25. The molecule has 4 nitrogen and oxygen atoms in total. The van der Waals surface area contributed by atoms with Gasteiger partial charge in [0.2, 0.25) is 0 Å². The highest BCUT2D eigenvalue weighted by Crippen LogP contribution is 2.39. The topological polar surface area (TPSA) is 37.4 Å². The van der Waals surface area contributed by atoms with E-state index in [2.05, 4.69) is 33.1 Å². The van der Waals surface area contributed by atoms with Crippen LogP contribution in [0.2, 0.25) is 0 Å². The minimum Gasteiger partial charge on any atom is -0.372 e. The van der Waals surface area contributed by atoms with Gasteiger partial charge in [0.15, 0.2) is 0 Å². The predicted molar refractivity (Wildman–Crippen MR) is 72.9 cm³/mol. The number of likely N-dealkylation sites (tertiary alicyclic amines) is 1. The molecule has 1 aromatic heterocycles. The fraction of sp³-hybridized carbons (Fsp3) is 0.769. The van der Waals surface area contributed by atoms with Crippen LogP contribution in [0.3, 0.4) is 0 Å². The van der Waals surface area contributed by atoms with E-state index in [-0.39, 0.29) is 11.6 Å². The Kier molecular flexibility index (Phi) is 3.66. The van der Waals surface area contributed by atoms with E-state index < -0.39 is 0 Å². The first-order valence-corrected chi connectivity index (χ1v) is 7.60. The van der Waals surface area contributed by atoms with Gasteiger partial charge in [0.25, 0.3) is 0 Å². The van der Waals surface area contributed by atoms with E-state index >= 15 is 0 Å². The van der Waals surface area contributed by atoms with Crippen molar-refractivity contribution >= 4 is 11.5 Å². The van der Waals surface area contributed by atoms with Crippen LogP contribution in [0.15, 0.2) is 11.4 Å². The highest BCUT2D eigenvalue weighted by Gasteiger charge is 2.44. The minimum absolute atomic E-state index is 0.0446. The molecule has 100 valence electrons. The molecule has 0 aliphatic carbocycles. The van der Waals surface area contributed by atoms with Crippen LogP contribution < -0.4 is 5.32 Å². The Morgan fingerprint density at radius 1 is 1.50 bits per heavy atom. The second-order valence-electron chi connectivity index (χ2n) is 5.38. The maximum absolute atomic E-state index is 6.25. The monoisotopic (exact) mass is 267 g/mol. The summed E-state index contributed by atoms with van der Waals surface area (Å²) in [4.78, 5) is 2.41. The van der Waals surface area contributed by atoms with E-state index in [0.717, 1.165) is 38.2 Å². The Bertz CT molecular complexity index is 384. The van der Waals surface area contributed by atoms with Crippen LogP contribution in [-0.4, -0.2) is 48.2 Å². The van der Waals surface area contributed by atoms with Gasteiger partial charge in [-0.05, 0) is 50.5 Å². The van der Waals surface area contributed by atoms with Crippen molar-refractivity contribution in [3.63, 3.8) is 0 Å². The van der Waals surface area contributed by atoms with E-state index in [0.29, 0.717) is 0 Å². The van der Waals surface area contributed by atoms with Gasteiger partial charge in [-0.1, -0.05) is 0 Å². The highest BCUT2D eigenvalue weighted by molar-refractivity contribution is 7.03. The summed E-state index contributed by atoms with van der Waals surface area (Å²) < 4.78 is 10.8. The zero-order chi connectivity index (χ0) is 12.4. The van der Waals surface area contributed by atoms with Gasteiger partial charge in [0.1, 0.15) is 0 Å². The zero-order valence-corrected chi connectivity index (χ0v) is 11.7. The maximum Gasteiger partial charge on any atom is 0.0905 e. The second kappa shape index (κ2) is 5.25. The normalized spacial score (nSPS) is 34.6. The van der Waals surface area contributed by atoms with Gasteiger partial charge in [0.05, 0.1) is 23.9 Å². The number of hydrogen-bond acceptors (Lipinski definition) is 5. The molecule has 0 aromatic carbocycles. The average Bonchev–Trinajstić information content (AvgIpc) is 2.84. The Morgan fingerprint density at radius 3 is 3.28 bits per heavy atom. The first-order valence-electron chi connectivity index (χ1n) is 6.76. The smallest absolute Gasteiger partial charge is 0.0905 e. The molecule has 0 saturated carbocycles. The summed E-state index contributed by atoms with van der Waals surface area (Å²) in [7, 11) is 2.20. The molecule has 2 aliphatic rings. The fourth-order valence-electron chi connectivity index (χ4n) is 3.17. The molecule has 2 aliphatic heterocycles. The molecule has 0 bridgehead atoms. The number of ether oxygens (including phenoxy) is 1. The summed E-state index contributed by atoms with van der Waals surface area (Å²) >= 11 is 1.53. The van der Waals surface area contributed by atoms with Crippen LogP contribution in [0.1, 0.15) is 31.0 Å². The number of aromatic nitrogens is 1. The molecule has 5 heteroatoms. The van der Waals surface area contributed by atoms with Gasteiger partial charge >= 0.3 is 0 Å². The molecule has 0 radical (unpaired) electrons. The number of rotatable bonds is 1. The molecule has 2 fully saturated rings. The van der Waals surface area contributed by atoms with Crippen molar-refractivity contribution in [1.82, 2.24) is 14.6 Å². The first-order chi connectivity index (χ1) is 8.80.